The number of nitrogens with one attached hydrogen (secondary N) is 2. The van der Waals surface area contributed by atoms with Gasteiger partial charge in [0.15, 0.2) is 10.3 Å². The van der Waals surface area contributed by atoms with E-state index in [1.807, 2.05) is 0 Å². The number of hydrogen-bond donors (Lipinski definition) is 2. The highest BCUT2D eigenvalue weighted by atomic mass is 32.2. The lowest BCUT2D eigenvalue weighted by atomic mass is 9.75. The minimum absolute atomic E-state index is 0.0569. The molecule has 2 N–H and O–H groups in total. The summed E-state index contributed by atoms with van der Waals surface area (Å²) in [5, 5.41) is 4.62. The standard InChI is InChI=1S/C26H25F6N3O4S/c1-14(36)35-13-15-11-19(40(2)39)9-10-20(15)22(35)23(38)34-18-5-3-16(4-6-18)24(25(27,28)29,26(30,31)32)12-21(37)33-17-7-8-17/h3-6,9-11,17,22H,7-8,12-13H2,1-2H3,(H,33,37)(H,34,38)/p+1. The fourth-order valence-corrected chi connectivity index (χ4v) is 5.42. The zero-order valence-electron chi connectivity index (χ0n) is 21.3. The lowest BCUT2D eigenvalue weighted by Gasteiger charge is -2.37. The normalized spacial score (nSPS) is 18.2. The van der Waals surface area contributed by atoms with Crippen molar-refractivity contribution in [2.75, 3.05) is 11.6 Å². The monoisotopic (exact) mass is 590 g/mol. The third-order valence-electron chi connectivity index (χ3n) is 7.07. The van der Waals surface area contributed by atoms with Crippen LogP contribution in [0.4, 0.5) is 32.0 Å². The molecule has 1 fully saturated rings. The summed E-state index contributed by atoms with van der Waals surface area (Å²) < 4.78 is 96.5. The Balaban J connectivity index is 1.62. The van der Waals surface area contributed by atoms with Crippen LogP contribution < -0.4 is 10.6 Å². The van der Waals surface area contributed by atoms with Crippen molar-refractivity contribution in [3.05, 3.63) is 59.2 Å². The molecule has 0 spiro atoms. The molecule has 1 aliphatic carbocycles. The summed E-state index contributed by atoms with van der Waals surface area (Å²) in [5.74, 6) is -2.55. The third kappa shape index (κ3) is 5.58. The molecule has 0 aromatic heterocycles. The number of hydrogen-bond acceptors (Lipinski definition) is 4. The first-order valence-corrected chi connectivity index (χ1v) is 13.9. The van der Waals surface area contributed by atoms with Crippen LogP contribution >= 0.6 is 0 Å². The molecule has 2 atom stereocenters. The van der Waals surface area contributed by atoms with Gasteiger partial charge in [-0.3, -0.25) is 14.4 Å². The number of rotatable bonds is 7. The molecule has 0 bridgehead atoms. The Morgan fingerprint density at radius 1 is 0.975 bits per heavy atom. The molecule has 2 unspecified atom stereocenters. The van der Waals surface area contributed by atoms with Crippen molar-refractivity contribution in [3.63, 3.8) is 0 Å². The third-order valence-corrected chi connectivity index (χ3v) is 8.08. The van der Waals surface area contributed by atoms with Gasteiger partial charge < -0.3 is 15.5 Å². The van der Waals surface area contributed by atoms with Crippen LogP contribution in [-0.4, -0.2) is 47.3 Å². The number of amides is 3. The van der Waals surface area contributed by atoms with Crippen molar-refractivity contribution in [2.45, 2.75) is 67.5 Å². The summed E-state index contributed by atoms with van der Waals surface area (Å²) in [6, 6.07) is 6.12. The van der Waals surface area contributed by atoms with E-state index in [4.69, 9.17) is 0 Å². The van der Waals surface area contributed by atoms with E-state index in [2.05, 4.69) is 10.6 Å². The first-order valence-electron chi connectivity index (χ1n) is 12.2. The van der Waals surface area contributed by atoms with E-state index in [1.165, 1.54) is 18.1 Å². The molecule has 7 nitrogen and oxygen atoms in total. The van der Waals surface area contributed by atoms with Gasteiger partial charge in [0.2, 0.25) is 11.8 Å². The van der Waals surface area contributed by atoms with E-state index in [1.54, 1.807) is 18.2 Å². The molecule has 14 heteroatoms. The second-order valence-corrected chi connectivity index (χ2v) is 11.4. The number of benzene rings is 2. The lowest BCUT2D eigenvalue weighted by Crippen LogP contribution is -2.56. The average molecular weight is 591 g/mol. The number of fused-ring (bicyclic) bond motifs is 1. The molecular weight excluding hydrogens is 564 g/mol. The van der Waals surface area contributed by atoms with Crippen LogP contribution in [0.15, 0.2) is 47.4 Å². The second-order valence-electron chi connectivity index (χ2n) is 9.92. The highest BCUT2D eigenvalue weighted by molar-refractivity contribution is 7.84. The van der Waals surface area contributed by atoms with Gasteiger partial charge in [-0.15, -0.1) is 4.21 Å². The maximum absolute atomic E-state index is 14.1. The highest BCUT2D eigenvalue weighted by Crippen LogP contribution is 2.54. The first-order chi connectivity index (χ1) is 18.5. The Kier molecular flexibility index (Phi) is 7.78. The zero-order valence-corrected chi connectivity index (χ0v) is 22.2. The Labute approximate surface area is 227 Å². The summed E-state index contributed by atoms with van der Waals surface area (Å²) in [7, 11) is -1.68. The van der Waals surface area contributed by atoms with Crippen LogP contribution in [-0.2, 0) is 41.4 Å². The Hall–Kier alpha value is -3.42. The number of alkyl halides is 6. The smallest absolute Gasteiger partial charge is 0.353 e. The Bertz CT molecular complexity index is 1340. The van der Waals surface area contributed by atoms with E-state index in [0.717, 1.165) is 12.1 Å². The average Bonchev–Trinajstić information content (AvgIpc) is 3.56. The van der Waals surface area contributed by atoms with Crippen molar-refractivity contribution in [2.24, 2.45) is 0 Å². The van der Waals surface area contributed by atoms with Crippen molar-refractivity contribution in [1.29, 1.82) is 0 Å². The molecule has 2 aromatic carbocycles. The highest BCUT2D eigenvalue weighted by Gasteiger charge is 2.72. The summed E-state index contributed by atoms with van der Waals surface area (Å²) in [5.41, 5.74) is -4.72. The summed E-state index contributed by atoms with van der Waals surface area (Å²) in [6.45, 7) is 1.30. The lowest BCUT2D eigenvalue weighted by molar-refractivity contribution is -0.303. The van der Waals surface area contributed by atoms with E-state index in [0.29, 0.717) is 41.0 Å². The predicted octanol–water partition coefficient (Wildman–Crippen LogP) is 4.44. The molecule has 0 saturated heterocycles. The van der Waals surface area contributed by atoms with Gasteiger partial charge in [-0.1, -0.05) is 18.2 Å². The number of anilines is 1. The molecule has 2 aliphatic rings. The Morgan fingerprint density at radius 3 is 2.08 bits per heavy atom. The fraction of sp³-hybridized carbons (Fsp3) is 0.423. The van der Waals surface area contributed by atoms with Crippen LogP contribution in [0.1, 0.15) is 48.9 Å². The summed E-state index contributed by atoms with van der Waals surface area (Å²) in [4.78, 5) is 39.4. The molecule has 1 heterocycles. The van der Waals surface area contributed by atoms with Gasteiger partial charge in [0.1, 0.15) is 23.1 Å². The van der Waals surface area contributed by atoms with Gasteiger partial charge in [0, 0.05) is 25.2 Å². The van der Waals surface area contributed by atoms with Crippen molar-refractivity contribution in [1.82, 2.24) is 10.2 Å². The van der Waals surface area contributed by atoms with Gasteiger partial charge in [-0.25, -0.2) is 0 Å². The first kappa shape index (κ1) is 29.6. The van der Waals surface area contributed by atoms with Crippen LogP contribution in [0.3, 0.4) is 0 Å². The van der Waals surface area contributed by atoms with E-state index >= 15 is 0 Å². The molecule has 2 aromatic rings. The molecule has 1 aliphatic heterocycles. The molecule has 40 heavy (non-hydrogen) atoms. The van der Waals surface area contributed by atoms with Crippen molar-refractivity contribution >= 4 is 34.2 Å². The largest absolute Gasteiger partial charge is 0.407 e. The maximum Gasteiger partial charge on any atom is 0.407 e. The number of halogens is 6. The van der Waals surface area contributed by atoms with E-state index in [9.17, 15) is 44.9 Å². The summed E-state index contributed by atoms with van der Waals surface area (Å²) >= 11 is 0. The predicted molar refractivity (Wildman–Crippen MR) is 134 cm³/mol. The van der Waals surface area contributed by atoms with Gasteiger partial charge in [-0.05, 0) is 53.8 Å². The second kappa shape index (κ2) is 10.5. The summed E-state index contributed by atoms with van der Waals surface area (Å²) in [6.07, 6.45) is -11.1. The number of thiol groups is 1. The molecule has 3 amide bonds. The van der Waals surface area contributed by atoms with Gasteiger partial charge in [0.05, 0.1) is 6.42 Å². The SMILES string of the molecule is CC(=O)N1Cc2cc([SH+](C)=O)ccc2C1C(=O)Nc1ccc(C(CC(=O)NC2CC2)(C(F)(F)F)C(F)(F)F)cc1. The van der Waals surface area contributed by atoms with Crippen LogP contribution in [0, 0.1) is 0 Å². The van der Waals surface area contributed by atoms with Crippen LogP contribution in [0.2, 0.25) is 0 Å². The topological polar surface area (TPSA) is 95.6 Å². The molecule has 216 valence electrons. The molecule has 1 saturated carbocycles. The Morgan fingerprint density at radius 2 is 1.57 bits per heavy atom. The maximum atomic E-state index is 14.1. The van der Waals surface area contributed by atoms with Crippen molar-refractivity contribution < 1.29 is 44.9 Å². The number of carbonyl (C=O) groups is 3. The van der Waals surface area contributed by atoms with Crippen molar-refractivity contribution in [3.8, 4) is 0 Å². The van der Waals surface area contributed by atoms with E-state index < -0.39 is 70.4 Å². The number of nitrogens with zero attached hydrogens (tertiary/aromatic N) is 1. The molecular formula is C26H26F6N3O4S+. The number of carbonyl (C=O) groups excluding carboxylic acids is 3. The van der Waals surface area contributed by atoms with Crippen LogP contribution in [0.5, 0.6) is 0 Å². The van der Waals surface area contributed by atoms with E-state index in [-0.39, 0.29) is 12.2 Å². The minimum Gasteiger partial charge on any atom is -0.353 e. The van der Waals surface area contributed by atoms with Gasteiger partial charge >= 0.3 is 12.4 Å². The van der Waals surface area contributed by atoms with Crippen LogP contribution in [0.25, 0.3) is 0 Å². The van der Waals surface area contributed by atoms with Gasteiger partial charge in [-0.2, -0.15) is 26.3 Å². The molecule has 4 rings (SSSR count). The fourth-order valence-electron chi connectivity index (χ4n) is 4.80. The zero-order chi connectivity index (χ0) is 29.6. The quantitative estimate of drug-likeness (QED) is 0.283. The van der Waals surface area contributed by atoms with Gasteiger partial charge in [0.25, 0.3) is 5.91 Å². The minimum atomic E-state index is -5.85. The molecule has 0 radical (unpaired) electrons.